The molecular weight excluding hydrogens is 242 g/mol. The summed E-state index contributed by atoms with van der Waals surface area (Å²) in [6.07, 6.45) is 4.48. The number of nitrogens with zero attached hydrogens (tertiary/aromatic N) is 4. The van der Waals surface area contributed by atoms with Crippen molar-refractivity contribution < 1.29 is 4.52 Å². The van der Waals surface area contributed by atoms with E-state index >= 15 is 0 Å². The molecule has 6 nitrogen and oxygen atoms in total. The lowest BCUT2D eigenvalue weighted by Gasteiger charge is -2.20. The van der Waals surface area contributed by atoms with Gasteiger partial charge in [-0.15, -0.1) is 0 Å². The van der Waals surface area contributed by atoms with Crippen molar-refractivity contribution in [3.63, 3.8) is 0 Å². The van der Waals surface area contributed by atoms with Gasteiger partial charge in [0.1, 0.15) is 0 Å². The van der Waals surface area contributed by atoms with Gasteiger partial charge in [0.25, 0.3) is 0 Å². The van der Waals surface area contributed by atoms with Gasteiger partial charge < -0.3 is 14.4 Å². The third-order valence-corrected chi connectivity index (χ3v) is 2.74. The van der Waals surface area contributed by atoms with Crippen LogP contribution in [0.5, 0.6) is 0 Å². The van der Waals surface area contributed by atoms with Gasteiger partial charge in [0.05, 0.1) is 12.0 Å². The summed E-state index contributed by atoms with van der Waals surface area (Å²) in [6, 6.07) is 0. The molecule has 0 aliphatic rings. The highest BCUT2D eigenvalue weighted by atomic mass is 16.5. The van der Waals surface area contributed by atoms with Gasteiger partial charge in [-0.3, -0.25) is 0 Å². The van der Waals surface area contributed by atoms with Crippen molar-refractivity contribution in [3.8, 4) is 0 Å². The zero-order valence-corrected chi connectivity index (χ0v) is 12.0. The molecule has 0 amide bonds. The highest BCUT2D eigenvalue weighted by molar-refractivity contribution is 4.99. The first-order chi connectivity index (χ1) is 8.94. The molecule has 0 fully saturated rings. The second kappa shape index (κ2) is 5.52. The Hall–Kier alpha value is -1.69. The van der Waals surface area contributed by atoms with Gasteiger partial charge in [-0.05, 0) is 20.8 Å². The maximum absolute atomic E-state index is 4.96. The van der Waals surface area contributed by atoms with Crippen molar-refractivity contribution in [1.82, 2.24) is 25.0 Å². The van der Waals surface area contributed by atoms with Crippen LogP contribution in [0.1, 0.15) is 38.2 Å². The predicted molar refractivity (Wildman–Crippen MR) is 71.6 cm³/mol. The van der Waals surface area contributed by atoms with Crippen LogP contribution in [0.4, 0.5) is 0 Å². The number of aryl methyl sites for hydroxylation is 3. The molecule has 0 saturated heterocycles. The molecule has 19 heavy (non-hydrogen) atoms. The number of rotatable bonds is 5. The zero-order chi connectivity index (χ0) is 13.9. The molecule has 1 N–H and O–H groups in total. The van der Waals surface area contributed by atoms with Crippen LogP contribution in [0.25, 0.3) is 0 Å². The molecule has 0 spiro atoms. The standard InChI is InChI=1S/C13H21N5O/c1-10-16-12(17-19-10)5-6-18-9-14-7-11(18)8-15-13(2,3)4/h7,9,15H,5-6,8H2,1-4H3. The quantitative estimate of drug-likeness (QED) is 0.889. The molecule has 0 saturated carbocycles. The molecule has 0 unspecified atom stereocenters. The monoisotopic (exact) mass is 263 g/mol. The third kappa shape index (κ3) is 4.17. The number of imidazole rings is 1. The molecule has 2 aromatic rings. The number of aromatic nitrogens is 4. The summed E-state index contributed by atoms with van der Waals surface area (Å²) < 4.78 is 7.07. The Morgan fingerprint density at radius 3 is 2.79 bits per heavy atom. The van der Waals surface area contributed by atoms with E-state index < -0.39 is 0 Å². The maximum Gasteiger partial charge on any atom is 0.223 e. The van der Waals surface area contributed by atoms with Crippen LogP contribution in [-0.4, -0.2) is 25.2 Å². The van der Waals surface area contributed by atoms with Crippen molar-refractivity contribution in [2.24, 2.45) is 0 Å². The summed E-state index contributed by atoms with van der Waals surface area (Å²) >= 11 is 0. The maximum atomic E-state index is 4.96. The Bertz CT molecular complexity index is 523. The van der Waals surface area contributed by atoms with Gasteiger partial charge in [0.2, 0.25) is 5.89 Å². The second-order valence-corrected chi connectivity index (χ2v) is 5.66. The van der Waals surface area contributed by atoms with E-state index in [1.807, 2.05) is 12.5 Å². The normalized spacial score (nSPS) is 12.0. The minimum atomic E-state index is 0.0971. The van der Waals surface area contributed by atoms with Gasteiger partial charge >= 0.3 is 0 Å². The summed E-state index contributed by atoms with van der Waals surface area (Å²) in [4.78, 5) is 8.40. The molecular formula is C13H21N5O. The van der Waals surface area contributed by atoms with Gasteiger partial charge in [0, 0.05) is 38.2 Å². The first-order valence-electron chi connectivity index (χ1n) is 6.47. The van der Waals surface area contributed by atoms with Crippen LogP contribution >= 0.6 is 0 Å². The van der Waals surface area contributed by atoms with Gasteiger partial charge in [-0.2, -0.15) is 4.98 Å². The van der Waals surface area contributed by atoms with Gasteiger partial charge in [-0.1, -0.05) is 5.16 Å². The van der Waals surface area contributed by atoms with Crippen molar-refractivity contribution in [2.45, 2.75) is 52.7 Å². The highest BCUT2D eigenvalue weighted by Crippen LogP contribution is 2.06. The first-order valence-corrected chi connectivity index (χ1v) is 6.47. The molecule has 0 bridgehead atoms. The third-order valence-electron chi connectivity index (χ3n) is 2.74. The van der Waals surface area contributed by atoms with Crippen LogP contribution in [0.2, 0.25) is 0 Å². The Morgan fingerprint density at radius 1 is 1.37 bits per heavy atom. The fourth-order valence-corrected chi connectivity index (χ4v) is 1.72. The summed E-state index contributed by atoms with van der Waals surface area (Å²) in [5.41, 5.74) is 1.26. The molecule has 2 aromatic heterocycles. The topological polar surface area (TPSA) is 68.8 Å². The van der Waals surface area contributed by atoms with Crippen LogP contribution in [0.15, 0.2) is 17.0 Å². The Balaban J connectivity index is 1.92. The van der Waals surface area contributed by atoms with E-state index in [2.05, 4.69) is 45.8 Å². The van der Waals surface area contributed by atoms with Crippen molar-refractivity contribution >= 4 is 0 Å². The minimum absolute atomic E-state index is 0.0971. The first kappa shape index (κ1) is 13.7. The average molecular weight is 263 g/mol. The number of hydrogen-bond donors (Lipinski definition) is 1. The smallest absolute Gasteiger partial charge is 0.223 e. The van der Waals surface area contributed by atoms with E-state index in [4.69, 9.17) is 4.52 Å². The van der Waals surface area contributed by atoms with Crippen LogP contribution in [0, 0.1) is 6.92 Å². The lowest BCUT2D eigenvalue weighted by molar-refractivity contribution is 0.385. The summed E-state index contributed by atoms with van der Waals surface area (Å²) in [5, 5.41) is 7.35. The lowest BCUT2D eigenvalue weighted by atomic mass is 10.1. The van der Waals surface area contributed by atoms with Gasteiger partial charge in [0.15, 0.2) is 5.82 Å². The minimum Gasteiger partial charge on any atom is -0.340 e. The molecule has 0 radical (unpaired) electrons. The average Bonchev–Trinajstić information content (AvgIpc) is 2.91. The molecule has 104 valence electrons. The molecule has 0 atom stereocenters. The van der Waals surface area contributed by atoms with Gasteiger partial charge in [-0.25, -0.2) is 4.98 Å². The van der Waals surface area contributed by atoms with Crippen molar-refractivity contribution in [3.05, 3.63) is 29.9 Å². The van der Waals surface area contributed by atoms with E-state index in [1.165, 1.54) is 0 Å². The van der Waals surface area contributed by atoms with Crippen LogP contribution < -0.4 is 5.32 Å². The van der Waals surface area contributed by atoms with Crippen molar-refractivity contribution in [2.75, 3.05) is 0 Å². The number of nitrogens with one attached hydrogen (secondary N) is 1. The highest BCUT2D eigenvalue weighted by Gasteiger charge is 2.11. The lowest BCUT2D eigenvalue weighted by Crippen LogP contribution is -2.35. The van der Waals surface area contributed by atoms with E-state index in [-0.39, 0.29) is 5.54 Å². The fraction of sp³-hybridized carbons (Fsp3) is 0.615. The van der Waals surface area contributed by atoms with E-state index in [1.54, 1.807) is 6.92 Å². The largest absolute Gasteiger partial charge is 0.340 e. The number of hydrogen-bond acceptors (Lipinski definition) is 5. The summed E-state index contributed by atoms with van der Waals surface area (Å²) in [6.45, 7) is 9.85. The molecule has 0 aliphatic heterocycles. The second-order valence-electron chi connectivity index (χ2n) is 5.66. The van der Waals surface area contributed by atoms with Crippen LogP contribution in [0.3, 0.4) is 0 Å². The summed E-state index contributed by atoms with van der Waals surface area (Å²) in [5.74, 6) is 1.34. The molecule has 2 rings (SSSR count). The Labute approximate surface area is 113 Å². The van der Waals surface area contributed by atoms with E-state index in [0.717, 1.165) is 31.0 Å². The van der Waals surface area contributed by atoms with Crippen LogP contribution in [-0.2, 0) is 19.5 Å². The molecule has 0 aromatic carbocycles. The predicted octanol–water partition coefficient (Wildman–Crippen LogP) is 1.71. The Morgan fingerprint density at radius 2 is 2.16 bits per heavy atom. The molecule has 6 heteroatoms. The van der Waals surface area contributed by atoms with E-state index in [9.17, 15) is 0 Å². The summed E-state index contributed by atoms with van der Waals surface area (Å²) in [7, 11) is 0. The Kier molecular flexibility index (Phi) is 3.99. The fourth-order valence-electron chi connectivity index (χ4n) is 1.72. The van der Waals surface area contributed by atoms with E-state index in [0.29, 0.717) is 5.89 Å². The van der Waals surface area contributed by atoms with Crippen molar-refractivity contribution in [1.29, 1.82) is 0 Å². The SMILES string of the molecule is Cc1nc(CCn2cncc2CNC(C)(C)C)no1. The molecule has 2 heterocycles. The zero-order valence-electron chi connectivity index (χ0n) is 12.0. The molecule has 0 aliphatic carbocycles.